The summed E-state index contributed by atoms with van der Waals surface area (Å²) in [5.41, 5.74) is -3.82. The molecule has 5 aromatic rings. The first-order valence-corrected chi connectivity index (χ1v) is 16.5. The zero-order valence-corrected chi connectivity index (χ0v) is 27.4. The molecule has 18 heteroatoms. The molecule has 16 nitrogen and oxygen atoms in total. The maximum Gasteiger partial charge on any atom is 0.348 e. The molecule has 258 valence electrons. The number of rotatable bonds is 11. The number of hydrogen-bond acceptors (Lipinski definition) is 12. The maximum atomic E-state index is 13.2. The minimum absolute atomic E-state index is 0.00353. The summed E-state index contributed by atoms with van der Waals surface area (Å²) in [7, 11) is -4.07. The number of carboxylic acids is 2. The standard InChI is InChI=1S/C32H27ClN6O10S/c1-3-31(45)22(16-48-32(28(41)42,29(43)44)13-19-7-5-4-6-8-19)49-27(25(31)40)38-17-34-24-23(36-30(33)37-26(24)38)20-14-35-39(15-20)50(46,47)21-11-9-18(2)10-12-21/h1,4-12,14-15,17,22,25,27,40,45H,13,16H2,2H3,(H,41,42)(H,43,44)/t22-,25+,27-,31-/m1/s1. The van der Waals surface area contributed by atoms with Crippen LogP contribution in [0.2, 0.25) is 5.28 Å². The van der Waals surface area contributed by atoms with Crippen LogP contribution in [0.1, 0.15) is 17.4 Å². The van der Waals surface area contributed by atoms with Gasteiger partial charge >= 0.3 is 11.9 Å². The number of terminal acetylenes is 1. The minimum atomic E-state index is -4.07. The SMILES string of the molecule is C#C[C@@]1(O)[C@@H](COC(Cc2ccccc2)(C(=O)O)C(=O)O)O[C@@H](n2cnc3c(-c4cnn(S(=O)(=O)c5ccc(C)cc5)c4)nc(Cl)nc32)[C@@H]1O. The molecule has 3 aromatic heterocycles. The number of carbonyl (C=O) groups is 2. The molecular weight excluding hydrogens is 696 g/mol. The summed E-state index contributed by atoms with van der Waals surface area (Å²) in [6.07, 6.45) is 3.56. The molecule has 0 unspecified atom stereocenters. The second-order valence-electron chi connectivity index (χ2n) is 11.4. The fraction of sp³-hybridized carbons (Fsp3) is 0.250. The van der Waals surface area contributed by atoms with Crippen LogP contribution in [0.25, 0.3) is 22.4 Å². The molecule has 1 saturated heterocycles. The Hall–Kier alpha value is -5.22. The molecule has 1 fully saturated rings. The van der Waals surface area contributed by atoms with Crippen molar-refractivity contribution in [2.24, 2.45) is 0 Å². The van der Waals surface area contributed by atoms with Crippen LogP contribution in [0.5, 0.6) is 0 Å². The normalized spacial score (nSPS) is 20.9. The third-order valence-corrected chi connectivity index (χ3v) is 10.0. The highest BCUT2D eigenvalue weighted by Crippen LogP contribution is 2.40. The number of aliphatic hydroxyl groups excluding tert-OH is 1. The summed E-state index contributed by atoms with van der Waals surface area (Å²) < 4.78 is 39.7. The van der Waals surface area contributed by atoms with Crippen LogP contribution in [0, 0.1) is 19.3 Å². The van der Waals surface area contributed by atoms with Crippen LogP contribution in [-0.2, 0) is 35.5 Å². The Morgan fingerprint density at radius 2 is 1.80 bits per heavy atom. The van der Waals surface area contributed by atoms with Crippen LogP contribution < -0.4 is 0 Å². The zero-order valence-electron chi connectivity index (χ0n) is 25.9. The number of fused-ring (bicyclic) bond motifs is 1. The lowest BCUT2D eigenvalue weighted by Crippen LogP contribution is -2.55. The largest absolute Gasteiger partial charge is 0.479 e. The molecule has 1 aliphatic rings. The summed E-state index contributed by atoms with van der Waals surface area (Å²) in [5, 5.41) is 46.3. The van der Waals surface area contributed by atoms with E-state index in [1.807, 2.05) is 6.92 Å². The lowest BCUT2D eigenvalue weighted by molar-refractivity contribution is -0.191. The van der Waals surface area contributed by atoms with E-state index in [1.54, 1.807) is 30.3 Å². The van der Waals surface area contributed by atoms with Gasteiger partial charge in [0.05, 0.1) is 30.2 Å². The summed E-state index contributed by atoms with van der Waals surface area (Å²) in [5.74, 6) is -1.58. The number of aliphatic carboxylic acids is 2. The van der Waals surface area contributed by atoms with Gasteiger partial charge in [0.25, 0.3) is 15.6 Å². The molecule has 0 saturated carbocycles. The second-order valence-corrected chi connectivity index (χ2v) is 13.6. The van der Waals surface area contributed by atoms with Gasteiger partial charge in [0, 0.05) is 12.0 Å². The molecule has 4 heterocycles. The quantitative estimate of drug-likeness (QED) is 0.0864. The Morgan fingerprint density at radius 3 is 2.44 bits per heavy atom. The average Bonchev–Trinajstić information content (AvgIpc) is 3.81. The van der Waals surface area contributed by atoms with Gasteiger partial charge in [-0.15, -0.1) is 6.42 Å². The molecule has 0 bridgehead atoms. The summed E-state index contributed by atoms with van der Waals surface area (Å²) >= 11 is 6.27. The Morgan fingerprint density at radius 1 is 1.12 bits per heavy atom. The third-order valence-electron chi connectivity index (χ3n) is 8.28. The summed E-state index contributed by atoms with van der Waals surface area (Å²) in [4.78, 5) is 37.3. The molecule has 0 amide bonds. The average molecular weight is 723 g/mol. The van der Waals surface area contributed by atoms with Gasteiger partial charge in [-0.3, -0.25) is 4.57 Å². The second kappa shape index (κ2) is 12.9. The number of imidazole rings is 1. The van der Waals surface area contributed by atoms with E-state index in [1.165, 1.54) is 47.6 Å². The van der Waals surface area contributed by atoms with Gasteiger partial charge in [0.2, 0.25) is 5.28 Å². The van der Waals surface area contributed by atoms with E-state index in [4.69, 9.17) is 27.5 Å². The first-order valence-electron chi connectivity index (χ1n) is 14.7. The van der Waals surface area contributed by atoms with E-state index in [-0.39, 0.29) is 32.6 Å². The molecule has 0 spiro atoms. The van der Waals surface area contributed by atoms with Crippen molar-refractivity contribution in [3.8, 4) is 23.6 Å². The predicted octanol–water partition coefficient (Wildman–Crippen LogP) is 1.68. The monoisotopic (exact) mass is 722 g/mol. The van der Waals surface area contributed by atoms with E-state index in [2.05, 4.69) is 26.0 Å². The van der Waals surface area contributed by atoms with Crippen LogP contribution in [0.4, 0.5) is 0 Å². The fourth-order valence-corrected chi connectivity index (χ4v) is 6.77. The van der Waals surface area contributed by atoms with Gasteiger partial charge in [-0.1, -0.05) is 53.9 Å². The van der Waals surface area contributed by atoms with Crippen molar-refractivity contribution in [3.05, 3.63) is 89.7 Å². The van der Waals surface area contributed by atoms with Gasteiger partial charge in [-0.05, 0) is 36.2 Å². The van der Waals surface area contributed by atoms with E-state index >= 15 is 0 Å². The zero-order chi connectivity index (χ0) is 36.0. The number of aromatic nitrogens is 6. The highest BCUT2D eigenvalue weighted by molar-refractivity contribution is 7.89. The topological polar surface area (TPSA) is 229 Å². The Kier molecular flexibility index (Phi) is 8.94. The van der Waals surface area contributed by atoms with Gasteiger partial charge < -0.3 is 29.9 Å². The van der Waals surface area contributed by atoms with Gasteiger partial charge in [-0.2, -0.15) is 22.6 Å². The lowest BCUT2D eigenvalue weighted by atomic mass is 9.92. The molecule has 0 radical (unpaired) electrons. The van der Waals surface area contributed by atoms with Crippen molar-refractivity contribution in [3.63, 3.8) is 0 Å². The number of aryl methyl sites for hydroxylation is 1. The van der Waals surface area contributed by atoms with E-state index in [9.17, 15) is 38.4 Å². The number of ether oxygens (including phenoxy) is 2. The number of hydrogen-bond donors (Lipinski definition) is 4. The fourth-order valence-electron chi connectivity index (χ4n) is 5.49. The summed E-state index contributed by atoms with van der Waals surface area (Å²) in [6, 6.07) is 14.1. The minimum Gasteiger partial charge on any atom is -0.479 e. The molecule has 0 aliphatic carbocycles. The molecular formula is C32H27ClN6O10S. The Bertz CT molecular complexity index is 2240. The van der Waals surface area contributed by atoms with Crippen molar-refractivity contribution in [1.82, 2.24) is 28.7 Å². The highest BCUT2D eigenvalue weighted by atomic mass is 35.5. The first kappa shape index (κ1) is 34.6. The van der Waals surface area contributed by atoms with E-state index in [0.717, 1.165) is 9.65 Å². The van der Waals surface area contributed by atoms with Crippen LogP contribution in [0.3, 0.4) is 0 Å². The van der Waals surface area contributed by atoms with Gasteiger partial charge in [0.15, 0.2) is 17.5 Å². The van der Waals surface area contributed by atoms with E-state index < -0.39 is 64.6 Å². The van der Waals surface area contributed by atoms with Crippen molar-refractivity contribution >= 4 is 44.7 Å². The Balaban J connectivity index is 1.32. The predicted molar refractivity (Wildman–Crippen MR) is 173 cm³/mol. The van der Waals surface area contributed by atoms with Crippen molar-refractivity contribution < 1.29 is 47.9 Å². The van der Waals surface area contributed by atoms with Crippen LogP contribution in [0.15, 0.2) is 78.2 Å². The number of benzene rings is 2. The Labute approximate surface area is 288 Å². The summed E-state index contributed by atoms with van der Waals surface area (Å²) in [6.45, 7) is 0.945. The van der Waals surface area contributed by atoms with Crippen LogP contribution >= 0.6 is 11.6 Å². The molecule has 4 atom stereocenters. The van der Waals surface area contributed by atoms with Gasteiger partial charge in [0.1, 0.15) is 23.4 Å². The third kappa shape index (κ3) is 5.87. The number of nitrogens with zero attached hydrogens (tertiary/aromatic N) is 6. The molecule has 6 rings (SSSR count). The number of halogens is 1. The number of aliphatic hydroxyl groups is 2. The van der Waals surface area contributed by atoms with Crippen molar-refractivity contribution in [1.29, 1.82) is 0 Å². The van der Waals surface area contributed by atoms with Gasteiger partial charge in [-0.25, -0.2) is 19.6 Å². The number of carboxylic acid groups (broad SMARTS) is 2. The maximum absolute atomic E-state index is 13.2. The lowest BCUT2D eigenvalue weighted by Gasteiger charge is -2.30. The molecule has 4 N–H and O–H groups in total. The van der Waals surface area contributed by atoms with E-state index in [0.29, 0.717) is 5.56 Å². The van der Waals surface area contributed by atoms with Crippen LogP contribution in [-0.4, -0.2) is 99.5 Å². The molecule has 1 aliphatic heterocycles. The van der Waals surface area contributed by atoms with Crippen molar-refractivity contribution in [2.75, 3.05) is 6.61 Å². The highest BCUT2D eigenvalue weighted by Gasteiger charge is 2.58. The van der Waals surface area contributed by atoms with Crippen molar-refractivity contribution in [2.45, 2.75) is 47.9 Å². The molecule has 50 heavy (non-hydrogen) atoms. The first-order chi connectivity index (χ1) is 23.7. The smallest absolute Gasteiger partial charge is 0.348 e. The molecule has 2 aromatic carbocycles.